The second kappa shape index (κ2) is 10.0. The van der Waals surface area contributed by atoms with E-state index in [0.29, 0.717) is 17.7 Å². The van der Waals surface area contributed by atoms with Crippen LogP contribution >= 0.6 is 11.8 Å². The van der Waals surface area contributed by atoms with Crippen LogP contribution in [0.1, 0.15) is 27.9 Å². The standard InChI is InChI=1S/C21H26N2O3S/c1-14-5-8-17(13-15(14)2)22-21(25)19(11-12-27-4)23-20(24)16-6-9-18(26-3)10-7-16/h5-10,13,19H,11-12H2,1-4H3,(H,22,25)(H,23,24)/t19-/m0/s1. The van der Waals surface area contributed by atoms with Gasteiger partial charge < -0.3 is 15.4 Å². The fraction of sp³-hybridized carbons (Fsp3) is 0.333. The van der Waals surface area contributed by atoms with Gasteiger partial charge in [-0.1, -0.05) is 6.07 Å². The summed E-state index contributed by atoms with van der Waals surface area (Å²) in [4.78, 5) is 25.3. The van der Waals surface area contributed by atoms with Gasteiger partial charge in [0.1, 0.15) is 11.8 Å². The number of aryl methyl sites for hydroxylation is 2. The van der Waals surface area contributed by atoms with Gasteiger partial charge in [-0.25, -0.2) is 0 Å². The lowest BCUT2D eigenvalue weighted by Gasteiger charge is -2.19. The van der Waals surface area contributed by atoms with E-state index in [2.05, 4.69) is 10.6 Å². The molecule has 0 radical (unpaired) electrons. The summed E-state index contributed by atoms with van der Waals surface area (Å²) in [5, 5.41) is 5.76. The summed E-state index contributed by atoms with van der Waals surface area (Å²) in [6.07, 6.45) is 2.53. The largest absolute Gasteiger partial charge is 0.497 e. The third-order valence-electron chi connectivity index (χ3n) is 4.36. The molecule has 2 aromatic carbocycles. The molecule has 0 saturated carbocycles. The normalized spacial score (nSPS) is 11.6. The molecule has 0 aliphatic rings. The molecule has 0 aliphatic heterocycles. The zero-order valence-corrected chi connectivity index (χ0v) is 17.0. The third kappa shape index (κ3) is 6.03. The van der Waals surface area contributed by atoms with Gasteiger partial charge in [0.2, 0.25) is 5.91 Å². The number of hydrogen-bond acceptors (Lipinski definition) is 4. The Morgan fingerprint density at radius 2 is 1.78 bits per heavy atom. The first-order chi connectivity index (χ1) is 12.9. The molecule has 144 valence electrons. The maximum Gasteiger partial charge on any atom is 0.251 e. The van der Waals surface area contributed by atoms with Crippen LogP contribution in [-0.4, -0.2) is 37.0 Å². The van der Waals surface area contributed by atoms with Gasteiger partial charge >= 0.3 is 0 Å². The average molecular weight is 387 g/mol. The van der Waals surface area contributed by atoms with E-state index < -0.39 is 6.04 Å². The summed E-state index contributed by atoms with van der Waals surface area (Å²) in [5.41, 5.74) is 3.50. The number of rotatable bonds is 8. The molecule has 0 aliphatic carbocycles. The second-order valence-electron chi connectivity index (χ2n) is 6.32. The van der Waals surface area contributed by atoms with Gasteiger partial charge in [-0.05, 0) is 79.8 Å². The first-order valence-corrected chi connectivity index (χ1v) is 10.2. The van der Waals surface area contributed by atoms with Crippen molar-refractivity contribution in [3.8, 4) is 5.75 Å². The Morgan fingerprint density at radius 1 is 1.07 bits per heavy atom. The molecule has 1 atom stereocenters. The Labute approximate surface area is 164 Å². The molecular formula is C21H26N2O3S. The fourth-order valence-electron chi connectivity index (χ4n) is 2.54. The van der Waals surface area contributed by atoms with Gasteiger partial charge in [-0.3, -0.25) is 9.59 Å². The molecule has 0 fully saturated rings. The zero-order valence-electron chi connectivity index (χ0n) is 16.2. The number of nitrogens with one attached hydrogen (secondary N) is 2. The maximum absolute atomic E-state index is 12.7. The Hall–Kier alpha value is -2.47. The van der Waals surface area contributed by atoms with Crippen molar-refractivity contribution in [2.24, 2.45) is 0 Å². The van der Waals surface area contributed by atoms with E-state index in [0.717, 1.165) is 17.0 Å². The quantitative estimate of drug-likeness (QED) is 0.724. The van der Waals surface area contributed by atoms with E-state index in [9.17, 15) is 9.59 Å². The van der Waals surface area contributed by atoms with Crippen molar-refractivity contribution < 1.29 is 14.3 Å². The molecule has 0 heterocycles. The summed E-state index contributed by atoms with van der Waals surface area (Å²) in [5.74, 6) is 0.958. The average Bonchev–Trinajstić information content (AvgIpc) is 2.67. The van der Waals surface area contributed by atoms with Crippen LogP contribution in [-0.2, 0) is 4.79 Å². The smallest absolute Gasteiger partial charge is 0.251 e. The van der Waals surface area contributed by atoms with Gasteiger partial charge in [0, 0.05) is 11.3 Å². The van der Waals surface area contributed by atoms with Crippen molar-refractivity contribution in [1.82, 2.24) is 5.32 Å². The number of thioether (sulfide) groups is 1. The molecule has 0 saturated heterocycles. The molecule has 6 heteroatoms. The summed E-state index contributed by atoms with van der Waals surface area (Å²) in [7, 11) is 1.57. The minimum Gasteiger partial charge on any atom is -0.497 e. The monoisotopic (exact) mass is 386 g/mol. The lowest BCUT2D eigenvalue weighted by atomic mass is 10.1. The molecule has 5 nitrogen and oxygen atoms in total. The first kappa shape index (κ1) is 20.8. The molecule has 2 amide bonds. The summed E-state index contributed by atoms with van der Waals surface area (Å²) < 4.78 is 5.11. The topological polar surface area (TPSA) is 67.4 Å². The number of benzene rings is 2. The number of ether oxygens (including phenoxy) is 1. The van der Waals surface area contributed by atoms with Crippen LogP contribution in [0.5, 0.6) is 5.75 Å². The maximum atomic E-state index is 12.7. The zero-order chi connectivity index (χ0) is 19.8. The highest BCUT2D eigenvalue weighted by molar-refractivity contribution is 7.98. The Kier molecular flexibility index (Phi) is 7.73. The van der Waals surface area contributed by atoms with Crippen molar-refractivity contribution in [3.63, 3.8) is 0 Å². The molecule has 0 aromatic heterocycles. The molecule has 2 N–H and O–H groups in total. The summed E-state index contributed by atoms with van der Waals surface area (Å²) in [6, 6.07) is 12.0. The molecule has 0 spiro atoms. The van der Waals surface area contributed by atoms with Crippen LogP contribution in [0.3, 0.4) is 0 Å². The van der Waals surface area contributed by atoms with Gasteiger partial charge in [-0.15, -0.1) is 0 Å². The van der Waals surface area contributed by atoms with Crippen LogP contribution < -0.4 is 15.4 Å². The highest BCUT2D eigenvalue weighted by atomic mass is 32.2. The lowest BCUT2D eigenvalue weighted by molar-refractivity contribution is -0.118. The van der Waals surface area contributed by atoms with Crippen molar-refractivity contribution in [1.29, 1.82) is 0 Å². The van der Waals surface area contributed by atoms with E-state index in [1.165, 1.54) is 5.56 Å². The minimum absolute atomic E-state index is 0.214. The van der Waals surface area contributed by atoms with Crippen LogP contribution in [0, 0.1) is 13.8 Å². The number of anilines is 1. The number of amides is 2. The predicted octanol–water partition coefficient (Wildman–Crippen LogP) is 3.80. The van der Waals surface area contributed by atoms with E-state index in [1.807, 2.05) is 38.3 Å². The first-order valence-electron chi connectivity index (χ1n) is 8.76. The number of hydrogen-bond donors (Lipinski definition) is 2. The molecule has 2 rings (SSSR count). The van der Waals surface area contributed by atoms with Gasteiger partial charge in [0.05, 0.1) is 7.11 Å². The van der Waals surface area contributed by atoms with Gasteiger partial charge in [0.15, 0.2) is 0 Å². The van der Waals surface area contributed by atoms with Crippen LogP contribution in [0.2, 0.25) is 0 Å². The lowest BCUT2D eigenvalue weighted by Crippen LogP contribution is -2.44. The molecule has 0 bridgehead atoms. The van der Waals surface area contributed by atoms with E-state index in [1.54, 1.807) is 43.1 Å². The van der Waals surface area contributed by atoms with E-state index in [4.69, 9.17) is 4.74 Å². The van der Waals surface area contributed by atoms with Crippen LogP contribution in [0.4, 0.5) is 5.69 Å². The van der Waals surface area contributed by atoms with Crippen molar-refractivity contribution >= 4 is 29.3 Å². The predicted molar refractivity (Wildman–Crippen MR) is 112 cm³/mol. The highest BCUT2D eigenvalue weighted by Gasteiger charge is 2.21. The number of methoxy groups -OCH3 is 1. The van der Waals surface area contributed by atoms with E-state index in [-0.39, 0.29) is 11.8 Å². The minimum atomic E-state index is -0.603. The third-order valence-corrected chi connectivity index (χ3v) is 5.00. The van der Waals surface area contributed by atoms with Gasteiger partial charge in [0.25, 0.3) is 5.91 Å². The molecule has 27 heavy (non-hydrogen) atoms. The SMILES string of the molecule is COc1ccc(C(=O)N[C@@H](CCSC)C(=O)Nc2ccc(C)c(C)c2)cc1. The second-order valence-corrected chi connectivity index (χ2v) is 7.31. The van der Waals surface area contributed by atoms with Gasteiger partial charge in [-0.2, -0.15) is 11.8 Å². The van der Waals surface area contributed by atoms with Crippen molar-refractivity contribution in [2.75, 3.05) is 24.4 Å². The highest BCUT2D eigenvalue weighted by Crippen LogP contribution is 2.16. The summed E-state index contributed by atoms with van der Waals surface area (Å²) >= 11 is 1.64. The number of carbonyl (C=O) groups is 2. The Bertz CT molecular complexity index is 791. The summed E-state index contributed by atoms with van der Waals surface area (Å²) in [6.45, 7) is 4.03. The molecule has 0 unspecified atom stereocenters. The Morgan fingerprint density at radius 3 is 2.37 bits per heavy atom. The van der Waals surface area contributed by atoms with Crippen LogP contribution in [0.25, 0.3) is 0 Å². The Balaban J connectivity index is 2.08. The number of carbonyl (C=O) groups excluding carboxylic acids is 2. The molecule has 2 aromatic rings. The van der Waals surface area contributed by atoms with Crippen molar-refractivity contribution in [3.05, 3.63) is 59.2 Å². The molecular weight excluding hydrogens is 360 g/mol. The van der Waals surface area contributed by atoms with E-state index >= 15 is 0 Å². The fourth-order valence-corrected chi connectivity index (χ4v) is 3.01. The van der Waals surface area contributed by atoms with Crippen LogP contribution in [0.15, 0.2) is 42.5 Å². The van der Waals surface area contributed by atoms with Crippen molar-refractivity contribution in [2.45, 2.75) is 26.3 Å².